The number of fused-ring (bicyclic) bond motifs is 1. The van der Waals surface area contributed by atoms with Crippen LogP contribution in [0.4, 0.5) is 0 Å². The maximum absolute atomic E-state index is 11.4. The fraction of sp³-hybridized carbons (Fsp3) is 0.300. The number of H-pyrrole nitrogens is 1. The molecule has 0 aromatic carbocycles. The highest BCUT2D eigenvalue weighted by Gasteiger charge is 2.08. The van der Waals surface area contributed by atoms with Gasteiger partial charge in [-0.1, -0.05) is 0 Å². The summed E-state index contributed by atoms with van der Waals surface area (Å²) in [5.74, 6) is 0.584. The van der Waals surface area contributed by atoms with E-state index < -0.39 is 0 Å². The molecule has 0 aliphatic carbocycles. The number of pyridine rings is 1. The summed E-state index contributed by atoms with van der Waals surface area (Å²) in [6.07, 6.45) is 2.92. The van der Waals surface area contributed by atoms with Crippen LogP contribution in [-0.2, 0) is 0 Å². The highest BCUT2D eigenvalue weighted by molar-refractivity contribution is 5.79. The Labute approximate surface area is 86.1 Å². The third kappa shape index (κ3) is 1.81. The van der Waals surface area contributed by atoms with Crippen LogP contribution >= 0.6 is 0 Å². The molecule has 0 bridgehead atoms. The van der Waals surface area contributed by atoms with Crippen molar-refractivity contribution in [3.63, 3.8) is 0 Å². The van der Waals surface area contributed by atoms with Crippen molar-refractivity contribution in [3.8, 4) is 5.75 Å². The molecule has 0 aliphatic heterocycles. The van der Waals surface area contributed by atoms with Gasteiger partial charge in [0, 0.05) is 12.3 Å². The number of rotatable bonds is 2. The van der Waals surface area contributed by atoms with E-state index >= 15 is 0 Å². The maximum Gasteiger partial charge on any atom is 0.277 e. The molecule has 0 saturated heterocycles. The van der Waals surface area contributed by atoms with Gasteiger partial charge in [-0.2, -0.15) is 0 Å². The second kappa shape index (κ2) is 3.68. The third-order valence-electron chi connectivity index (χ3n) is 1.85. The molecular formula is C10H11N3O2. The number of hydrogen-bond acceptors (Lipinski definition) is 4. The first-order valence-corrected chi connectivity index (χ1v) is 4.67. The standard InChI is InChI=1S/C10H11N3O2/c1-6(2)15-7-3-4-11-9-8(7)12-5-13-10(9)14/h3-6H,1-2H3,(H,12,13,14). The highest BCUT2D eigenvalue weighted by Crippen LogP contribution is 2.19. The fourth-order valence-electron chi connectivity index (χ4n) is 1.30. The Bertz CT molecular complexity index is 533. The summed E-state index contributed by atoms with van der Waals surface area (Å²) in [5, 5.41) is 0. The van der Waals surface area contributed by atoms with E-state index in [1.807, 2.05) is 13.8 Å². The molecule has 0 amide bonds. The molecule has 5 heteroatoms. The second-order valence-electron chi connectivity index (χ2n) is 3.40. The minimum absolute atomic E-state index is 0.0386. The van der Waals surface area contributed by atoms with Crippen LogP contribution in [0.25, 0.3) is 11.0 Å². The molecule has 1 N–H and O–H groups in total. The van der Waals surface area contributed by atoms with Crippen molar-refractivity contribution in [1.29, 1.82) is 0 Å². The Kier molecular flexibility index (Phi) is 2.37. The van der Waals surface area contributed by atoms with Gasteiger partial charge in [0.25, 0.3) is 5.56 Å². The number of hydrogen-bond donors (Lipinski definition) is 1. The van der Waals surface area contributed by atoms with Gasteiger partial charge >= 0.3 is 0 Å². The Morgan fingerprint density at radius 3 is 2.87 bits per heavy atom. The molecule has 2 heterocycles. The summed E-state index contributed by atoms with van der Waals surface area (Å²) in [6.45, 7) is 3.83. The Hall–Kier alpha value is -1.91. The Balaban J connectivity index is 2.66. The van der Waals surface area contributed by atoms with Crippen molar-refractivity contribution in [3.05, 3.63) is 28.9 Å². The van der Waals surface area contributed by atoms with Gasteiger partial charge in [-0.15, -0.1) is 0 Å². The SMILES string of the molecule is CC(C)Oc1ccnc2c(=O)[nH]cnc12. The predicted molar refractivity (Wildman–Crippen MR) is 55.9 cm³/mol. The van der Waals surface area contributed by atoms with Gasteiger partial charge in [0.15, 0.2) is 5.52 Å². The molecule has 2 rings (SSSR count). The van der Waals surface area contributed by atoms with E-state index in [-0.39, 0.29) is 11.7 Å². The van der Waals surface area contributed by atoms with E-state index in [1.54, 1.807) is 6.07 Å². The van der Waals surface area contributed by atoms with Crippen molar-refractivity contribution < 1.29 is 4.74 Å². The minimum Gasteiger partial charge on any atom is -0.489 e. The first-order chi connectivity index (χ1) is 7.18. The van der Waals surface area contributed by atoms with E-state index in [4.69, 9.17) is 4.74 Å². The van der Waals surface area contributed by atoms with E-state index in [1.165, 1.54) is 12.5 Å². The summed E-state index contributed by atoms with van der Waals surface area (Å²) in [7, 11) is 0. The van der Waals surface area contributed by atoms with Crippen molar-refractivity contribution in [2.45, 2.75) is 20.0 Å². The zero-order chi connectivity index (χ0) is 10.8. The van der Waals surface area contributed by atoms with Crippen LogP contribution in [0.15, 0.2) is 23.4 Å². The Morgan fingerprint density at radius 2 is 2.13 bits per heavy atom. The monoisotopic (exact) mass is 205 g/mol. The molecule has 0 fully saturated rings. The normalized spacial score (nSPS) is 10.9. The van der Waals surface area contributed by atoms with Crippen LogP contribution in [0.2, 0.25) is 0 Å². The molecule has 15 heavy (non-hydrogen) atoms. The van der Waals surface area contributed by atoms with E-state index in [0.29, 0.717) is 16.8 Å². The second-order valence-corrected chi connectivity index (χ2v) is 3.40. The van der Waals surface area contributed by atoms with Gasteiger partial charge in [-0.25, -0.2) is 9.97 Å². The van der Waals surface area contributed by atoms with Gasteiger partial charge in [0.2, 0.25) is 0 Å². The molecule has 5 nitrogen and oxygen atoms in total. The van der Waals surface area contributed by atoms with Crippen LogP contribution in [0.3, 0.4) is 0 Å². The molecule has 78 valence electrons. The van der Waals surface area contributed by atoms with E-state index in [0.717, 1.165) is 0 Å². The highest BCUT2D eigenvalue weighted by atomic mass is 16.5. The smallest absolute Gasteiger partial charge is 0.277 e. The quantitative estimate of drug-likeness (QED) is 0.797. The average Bonchev–Trinajstić information content (AvgIpc) is 2.19. The first-order valence-electron chi connectivity index (χ1n) is 4.67. The summed E-state index contributed by atoms with van der Waals surface area (Å²) >= 11 is 0. The molecule has 0 atom stereocenters. The lowest BCUT2D eigenvalue weighted by atomic mass is 10.3. The lowest BCUT2D eigenvalue weighted by Gasteiger charge is -2.10. The molecule has 0 aliphatic rings. The summed E-state index contributed by atoms with van der Waals surface area (Å²) in [4.78, 5) is 21.9. The Morgan fingerprint density at radius 1 is 1.33 bits per heavy atom. The van der Waals surface area contributed by atoms with Gasteiger partial charge in [0.1, 0.15) is 11.3 Å². The van der Waals surface area contributed by atoms with Gasteiger partial charge in [0.05, 0.1) is 12.4 Å². The van der Waals surface area contributed by atoms with Gasteiger partial charge in [-0.05, 0) is 13.8 Å². The lowest BCUT2D eigenvalue weighted by molar-refractivity contribution is 0.245. The molecule has 0 radical (unpaired) electrons. The number of aromatic amines is 1. The van der Waals surface area contributed by atoms with Crippen LogP contribution in [0, 0.1) is 0 Å². The number of nitrogens with zero attached hydrogens (tertiary/aromatic N) is 2. The first kappa shape index (κ1) is 9.64. The van der Waals surface area contributed by atoms with Crippen LogP contribution in [0.1, 0.15) is 13.8 Å². The van der Waals surface area contributed by atoms with Crippen LogP contribution in [0.5, 0.6) is 5.75 Å². The lowest BCUT2D eigenvalue weighted by Crippen LogP contribution is -2.11. The van der Waals surface area contributed by atoms with Crippen molar-refractivity contribution in [2.75, 3.05) is 0 Å². The van der Waals surface area contributed by atoms with Gasteiger partial charge in [-0.3, -0.25) is 4.79 Å². The maximum atomic E-state index is 11.4. The largest absolute Gasteiger partial charge is 0.489 e. The minimum atomic E-state index is -0.255. The summed E-state index contributed by atoms with van der Waals surface area (Å²) in [5.41, 5.74) is 0.541. The van der Waals surface area contributed by atoms with Crippen LogP contribution in [-0.4, -0.2) is 21.1 Å². The predicted octanol–water partition coefficient (Wildman–Crippen LogP) is 1.11. The van der Waals surface area contributed by atoms with E-state index in [2.05, 4.69) is 15.0 Å². The number of aromatic nitrogens is 3. The topological polar surface area (TPSA) is 67.9 Å². The molecule has 2 aromatic rings. The number of ether oxygens (including phenoxy) is 1. The van der Waals surface area contributed by atoms with Gasteiger partial charge < -0.3 is 9.72 Å². The fourth-order valence-corrected chi connectivity index (χ4v) is 1.30. The zero-order valence-electron chi connectivity index (χ0n) is 8.52. The summed E-state index contributed by atoms with van der Waals surface area (Å²) < 4.78 is 5.53. The van der Waals surface area contributed by atoms with Crippen LogP contribution < -0.4 is 10.3 Å². The van der Waals surface area contributed by atoms with Crippen molar-refractivity contribution in [2.24, 2.45) is 0 Å². The average molecular weight is 205 g/mol. The molecule has 0 unspecified atom stereocenters. The zero-order valence-corrected chi connectivity index (χ0v) is 8.52. The number of nitrogens with one attached hydrogen (secondary N) is 1. The molecular weight excluding hydrogens is 194 g/mol. The summed E-state index contributed by atoms with van der Waals surface area (Å²) in [6, 6.07) is 1.70. The van der Waals surface area contributed by atoms with Crippen molar-refractivity contribution >= 4 is 11.0 Å². The molecule has 2 aromatic heterocycles. The third-order valence-corrected chi connectivity index (χ3v) is 1.85. The van der Waals surface area contributed by atoms with E-state index in [9.17, 15) is 4.79 Å². The van der Waals surface area contributed by atoms with Crippen molar-refractivity contribution in [1.82, 2.24) is 15.0 Å². The molecule has 0 saturated carbocycles. The molecule has 0 spiro atoms.